The molecule has 1 aliphatic carbocycles. The topological polar surface area (TPSA) is 20.3 Å². The van der Waals surface area contributed by atoms with Crippen molar-refractivity contribution in [2.24, 2.45) is 11.8 Å². The predicted molar refractivity (Wildman–Crippen MR) is 43.3 cm³/mol. The van der Waals surface area contributed by atoms with E-state index in [1.165, 1.54) is 6.42 Å². The molecule has 0 bridgehead atoms. The van der Waals surface area contributed by atoms with Crippen molar-refractivity contribution in [3.8, 4) is 0 Å². The Morgan fingerprint density at radius 1 is 1.45 bits per heavy atom. The van der Waals surface area contributed by atoms with Gasteiger partial charge in [0.15, 0.2) is 0 Å². The van der Waals surface area contributed by atoms with Crippen LogP contribution in [0.3, 0.4) is 0 Å². The Kier molecular flexibility index (Phi) is 1.72. The average molecular weight is 153 g/mol. The molecule has 0 spiro atoms. The third-order valence-corrected chi connectivity index (χ3v) is 3.04. The first-order valence-corrected chi connectivity index (χ1v) is 4.48. The van der Waals surface area contributed by atoms with E-state index in [0.29, 0.717) is 17.6 Å². The number of likely N-dealkylation sites (tertiary alicyclic amines) is 1. The van der Waals surface area contributed by atoms with Crippen molar-refractivity contribution in [1.29, 1.82) is 0 Å². The number of Topliss-reactive ketones (excluding diaryl/α,β-unsaturated/α-hetero) is 1. The van der Waals surface area contributed by atoms with Gasteiger partial charge < -0.3 is 4.90 Å². The molecule has 2 fully saturated rings. The minimum atomic E-state index is 0.397. The summed E-state index contributed by atoms with van der Waals surface area (Å²) in [6, 6.07) is 0. The summed E-state index contributed by atoms with van der Waals surface area (Å²) < 4.78 is 0. The van der Waals surface area contributed by atoms with E-state index in [2.05, 4.69) is 11.9 Å². The smallest absolute Gasteiger partial charge is 0.137 e. The molecular weight excluding hydrogens is 138 g/mol. The van der Waals surface area contributed by atoms with Gasteiger partial charge in [0, 0.05) is 25.4 Å². The summed E-state index contributed by atoms with van der Waals surface area (Å²) in [4.78, 5) is 13.7. The van der Waals surface area contributed by atoms with Gasteiger partial charge in [0.2, 0.25) is 0 Å². The Balaban J connectivity index is 2.09. The van der Waals surface area contributed by atoms with Crippen molar-refractivity contribution >= 4 is 5.78 Å². The molecule has 11 heavy (non-hydrogen) atoms. The summed E-state index contributed by atoms with van der Waals surface area (Å²) in [6.45, 7) is 2.17. The van der Waals surface area contributed by atoms with Crippen LogP contribution in [-0.2, 0) is 4.79 Å². The lowest BCUT2D eigenvalue weighted by Gasteiger charge is -2.21. The van der Waals surface area contributed by atoms with Gasteiger partial charge in [-0.2, -0.15) is 0 Å². The summed E-state index contributed by atoms with van der Waals surface area (Å²) in [5.41, 5.74) is 0. The van der Waals surface area contributed by atoms with Gasteiger partial charge in [0.05, 0.1) is 0 Å². The summed E-state index contributed by atoms with van der Waals surface area (Å²) in [5, 5.41) is 0. The highest BCUT2D eigenvalue weighted by atomic mass is 16.1. The van der Waals surface area contributed by atoms with Crippen LogP contribution in [0.25, 0.3) is 0 Å². The Labute approximate surface area is 67.6 Å². The van der Waals surface area contributed by atoms with Crippen LogP contribution in [0.1, 0.15) is 19.3 Å². The Hall–Kier alpha value is -0.370. The second-order valence-corrected chi connectivity index (χ2v) is 3.95. The van der Waals surface area contributed by atoms with E-state index in [9.17, 15) is 4.79 Å². The molecule has 0 aromatic heterocycles. The molecule has 2 nitrogen and oxygen atoms in total. The fourth-order valence-electron chi connectivity index (χ4n) is 2.47. The number of ketones is 1. The van der Waals surface area contributed by atoms with Crippen molar-refractivity contribution < 1.29 is 4.79 Å². The first-order chi connectivity index (χ1) is 5.27. The molecule has 2 atom stereocenters. The molecule has 1 saturated carbocycles. The van der Waals surface area contributed by atoms with Gasteiger partial charge in [-0.25, -0.2) is 0 Å². The van der Waals surface area contributed by atoms with Gasteiger partial charge in [0.1, 0.15) is 5.78 Å². The summed E-state index contributed by atoms with van der Waals surface area (Å²) >= 11 is 0. The molecule has 0 radical (unpaired) electrons. The van der Waals surface area contributed by atoms with E-state index in [0.717, 1.165) is 25.9 Å². The monoisotopic (exact) mass is 153 g/mol. The minimum absolute atomic E-state index is 0.397. The average Bonchev–Trinajstić information content (AvgIpc) is 2.31. The molecule has 0 aromatic carbocycles. The molecule has 1 heterocycles. The van der Waals surface area contributed by atoms with Crippen LogP contribution >= 0.6 is 0 Å². The number of carbonyl (C=O) groups excluding carboxylic acids is 1. The SMILES string of the molecule is CN1C[C@@H]2CCCC(=O)[C@@H]2C1. The Morgan fingerprint density at radius 2 is 2.27 bits per heavy atom. The number of fused-ring (bicyclic) bond motifs is 1. The number of rotatable bonds is 0. The lowest BCUT2D eigenvalue weighted by molar-refractivity contribution is -0.125. The third kappa shape index (κ3) is 1.20. The fraction of sp³-hybridized carbons (Fsp3) is 0.889. The molecule has 0 unspecified atom stereocenters. The first-order valence-electron chi connectivity index (χ1n) is 4.48. The largest absolute Gasteiger partial charge is 0.305 e. The highest BCUT2D eigenvalue weighted by molar-refractivity contribution is 5.82. The van der Waals surface area contributed by atoms with Crippen LogP contribution in [0.2, 0.25) is 0 Å². The lowest BCUT2D eigenvalue weighted by Crippen LogP contribution is -2.26. The fourth-order valence-corrected chi connectivity index (χ4v) is 2.47. The summed E-state index contributed by atoms with van der Waals surface area (Å²) in [6.07, 6.45) is 3.25. The second-order valence-electron chi connectivity index (χ2n) is 3.95. The van der Waals surface area contributed by atoms with Crippen molar-refractivity contribution in [3.05, 3.63) is 0 Å². The Morgan fingerprint density at radius 3 is 3.00 bits per heavy atom. The van der Waals surface area contributed by atoms with Gasteiger partial charge in [-0.3, -0.25) is 4.79 Å². The van der Waals surface area contributed by atoms with Gasteiger partial charge in [-0.05, 0) is 25.8 Å². The Bertz CT molecular complexity index is 178. The zero-order valence-corrected chi connectivity index (χ0v) is 7.05. The zero-order chi connectivity index (χ0) is 7.84. The number of nitrogens with zero attached hydrogens (tertiary/aromatic N) is 1. The molecule has 0 N–H and O–H groups in total. The van der Waals surface area contributed by atoms with E-state index in [-0.39, 0.29) is 0 Å². The van der Waals surface area contributed by atoms with Crippen LogP contribution in [0.5, 0.6) is 0 Å². The van der Waals surface area contributed by atoms with Crippen LogP contribution in [0.4, 0.5) is 0 Å². The van der Waals surface area contributed by atoms with E-state index < -0.39 is 0 Å². The lowest BCUT2D eigenvalue weighted by atomic mass is 9.81. The van der Waals surface area contributed by atoms with E-state index in [1.54, 1.807) is 0 Å². The summed E-state index contributed by atoms with van der Waals surface area (Å²) in [5.74, 6) is 1.61. The minimum Gasteiger partial charge on any atom is -0.305 e. The van der Waals surface area contributed by atoms with Crippen molar-refractivity contribution in [2.75, 3.05) is 20.1 Å². The number of hydrogen-bond acceptors (Lipinski definition) is 2. The maximum atomic E-state index is 11.4. The second kappa shape index (κ2) is 2.59. The van der Waals surface area contributed by atoms with E-state index in [1.807, 2.05) is 0 Å². The van der Waals surface area contributed by atoms with Crippen molar-refractivity contribution in [3.63, 3.8) is 0 Å². The number of hydrogen-bond donors (Lipinski definition) is 0. The molecule has 0 aromatic rings. The van der Waals surface area contributed by atoms with Crippen LogP contribution < -0.4 is 0 Å². The predicted octanol–water partition coefficient (Wildman–Crippen LogP) is 0.917. The van der Waals surface area contributed by atoms with Gasteiger partial charge in [-0.1, -0.05) is 0 Å². The molecule has 2 aliphatic rings. The molecule has 2 rings (SSSR count). The quantitative estimate of drug-likeness (QED) is 0.515. The van der Waals surface area contributed by atoms with E-state index in [4.69, 9.17) is 0 Å². The van der Waals surface area contributed by atoms with Gasteiger partial charge in [0.25, 0.3) is 0 Å². The first kappa shape index (κ1) is 7.29. The van der Waals surface area contributed by atoms with Crippen molar-refractivity contribution in [2.45, 2.75) is 19.3 Å². The zero-order valence-electron chi connectivity index (χ0n) is 7.05. The van der Waals surface area contributed by atoms with Gasteiger partial charge >= 0.3 is 0 Å². The van der Waals surface area contributed by atoms with Crippen molar-refractivity contribution in [1.82, 2.24) is 4.90 Å². The van der Waals surface area contributed by atoms with Crippen LogP contribution in [0, 0.1) is 11.8 Å². The maximum Gasteiger partial charge on any atom is 0.137 e. The molecule has 2 heteroatoms. The maximum absolute atomic E-state index is 11.4. The molecule has 62 valence electrons. The molecule has 1 saturated heterocycles. The molecule has 1 aliphatic heterocycles. The third-order valence-electron chi connectivity index (χ3n) is 3.04. The van der Waals surface area contributed by atoms with E-state index >= 15 is 0 Å². The highest BCUT2D eigenvalue weighted by Gasteiger charge is 2.37. The van der Waals surface area contributed by atoms with Gasteiger partial charge in [-0.15, -0.1) is 0 Å². The van der Waals surface area contributed by atoms with Crippen LogP contribution in [-0.4, -0.2) is 30.8 Å². The summed E-state index contributed by atoms with van der Waals surface area (Å²) in [7, 11) is 2.12. The highest BCUT2D eigenvalue weighted by Crippen LogP contribution is 2.32. The molecular formula is C9H15NO. The standard InChI is InChI=1S/C9H15NO/c1-10-5-7-3-2-4-9(11)8(7)6-10/h7-8H,2-6H2,1H3/t7-,8+/m0/s1. The normalized spacial score (nSPS) is 39.2. The molecule has 0 amide bonds. The van der Waals surface area contributed by atoms with Crippen LogP contribution in [0.15, 0.2) is 0 Å². The number of carbonyl (C=O) groups is 1.